The van der Waals surface area contributed by atoms with Crippen LogP contribution in [0.15, 0.2) is 265 Å². The Morgan fingerprint density at radius 1 is 0.457 bits per heavy atom. The maximum Gasteiger partial charge on any atom is 0.338 e. The lowest BCUT2D eigenvalue weighted by Crippen LogP contribution is -3.00. The molecule has 0 bridgehead atoms. The molecule has 0 fully saturated rings. The van der Waals surface area contributed by atoms with Crippen molar-refractivity contribution in [2.45, 2.75) is 46.7 Å². The van der Waals surface area contributed by atoms with Crippen LogP contribution < -0.4 is 33.1 Å². The molecule has 0 saturated carbocycles. The monoisotopic (exact) mass is 1330 g/mol. The number of ether oxygens (including phenoxy) is 4. The van der Waals surface area contributed by atoms with Gasteiger partial charge in [-0.05, 0) is 130 Å². The molecule has 9 rings (SSSR count). The van der Waals surface area contributed by atoms with Crippen LogP contribution >= 0.6 is 18.9 Å². The van der Waals surface area contributed by atoms with Crippen molar-refractivity contribution in [1.29, 1.82) is 0 Å². The number of halogens is 2. The number of esters is 4. The maximum absolute atomic E-state index is 12.4. The fourth-order valence-corrected chi connectivity index (χ4v) is 12.3. The van der Waals surface area contributed by atoms with Crippen LogP contribution in [-0.4, -0.2) is 91.5 Å². The van der Waals surface area contributed by atoms with Crippen LogP contribution in [0, 0.1) is 34.6 Å². The Hall–Kier alpha value is -10.6. The number of hydrogen-bond acceptors (Lipinski definition) is 15. The third kappa shape index (κ3) is 27.9. The van der Waals surface area contributed by atoms with Gasteiger partial charge in [0, 0.05) is 71.9 Å². The zero-order valence-corrected chi connectivity index (χ0v) is 55.7. The maximum atomic E-state index is 12.4. The van der Waals surface area contributed by atoms with E-state index in [1.165, 1.54) is 76.5 Å². The van der Waals surface area contributed by atoms with Gasteiger partial charge < -0.3 is 36.5 Å². The number of aromatic carboxylic acids is 1. The molecule has 9 aromatic rings. The largest absolute Gasteiger partial charge is 1.00 e. The van der Waals surface area contributed by atoms with Crippen molar-refractivity contribution in [1.82, 2.24) is 24.9 Å². The van der Waals surface area contributed by atoms with E-state index in [2.05, 4.69) is 150 Å². The van der Waals surface area contributed by atoms with Gasteiger partial charge in [0.05, 0.1) is 45.1 Å². The summed E-state index contributed by atoms with van der Waals surface area (Å²) in [4.78, 5) is 77.2. The Balaban J connectivity index is 0.000000411. The van der Waals surface area contributed by atoms with E-state index < -0.39 is 25.2 Å². The van der Waals surface area contributed by atoms with Gasteiger partial charge in [-0.1, -0.05) is 105 Å². The molecule has 0 radical (unpaired) electrons. The first-order chi connectivity index (χ1) is 44.9. The highest BCUT2D eigenvalue weighted by Crippen LogP contribution is 2.58. The van der Waals surface area contributed by atoms with Crippen molar-refractivity contribution in [3.63, 3.8) is 0 Å². The van der Waals surface area contributed by atoms with Crippen molar-refractivity contribution in [3.05, 3.63) is 332 Å². The Bertz CT molecular complexity index is 3730. The molecule has 2 N–H and O–H groups in total. The molecule has 94 heavy (non-hydrogen) atoms. The van der Waals surface area contributed by atoms with Gasteiger partial charge in [0.1, 0.15) is 55.8 Å². The van der Waals surface area contributed by atoms with Crippen LogP contribution in [0.5, 0.6) is 0 Å². The van der Waals surface area contributed by atoms with Crippen LogP contribution in [-0.2, 0) is 31.0 Å². The Kier molecular flexibility index (Phi) is 37.9. The van der Waals surface area contributed by atoms with Crippen LogP contribution in [0.2, 0.25) is 0 Å². The predicted molar refractivity (Wildman–Crippen MR) is 367 cm³/mol. The standard InChI is InChI=1S/C28H25NO2P.C10H10ClNO2.C10H12NO3.C10H11NO2.C7H7NO2.C7H9N.C2H4.ClH/c1-2-20-31-28(30)23-18-19-29-24(21-23)22-32(25-12-6-3-7-13-25,26-14-8-4-9-15-26)27-16-10-5-11-17-27;1-2-5-14-10(13)8-3-4-12-9(6-8)7-11;1-3-6-14-10(12)9-4-5-11(13)8(2)7-9;1-3-6-13-10(12)9-4-5-11-8(2)7-9;1-5-4-6(7(9)10)2-3-8-5;1-6-3-4-8-7(2)5-6;1-2;/h2-19,21H,1,20,22H2;2-4,6H,1,5,7H2;3-5,7,13H,1,6H2,2H3;3-5,7H,1,6H2,2H3;2-4H,1H3,(H,9,10);3-5H,1-2H3;1-2H2;1H/q+1;;+1;;;;;/p-1. The first kappa shape index (κ1) is 79.5. The number of aryl methyl sites for hydroxylation is 5. The van der Waals surface area contributed by atoms with Gasteiger partial charge in [0.25, 0.3) is 0 Å². The number of aromatic nitrogens is 6. The summed E-state index contributed by atoms with van der Waals surface area (Å²) >= 11 is 5.58. The molecule has 0 spiro atoms. The van der Waals surface area contributed by atoms with E-state index in [1.807, 2.05) is 50.4 Å². The molecule has 0 amide bonds. The minimum absolute atomic E-state index is 0. The third-order valence-electron chi connectivity index (χ3n) is 12.2. The summed E-state index contributed by atoms with van der Waals surface area (Å²) in [5.41, 5.74) is 8.15. The number of carboxylic acid groups (broad SMARTS) is 1. The second kappa shape index (κ2) is 44.8. The van der Waals surface area contributed by atoms with Crippen LogP contribution in [0.25, 0.3) is 0 Å². The van der Waals surface area contributed by atoms with Crippen LogP contribution in [0.4, 0.5) is 0 Å². The lowest BCUT2D eigenvalue weighted by atomic mass is 10.2. The summed E-state index contributed by atoms with van der Waals surface area (Å²) in [6.07, 6.45) is 16.3. The molecule has 0 saturated heterocycles. The Morgan fingerprint density at radius 3 is 1.12 bits per heavy atom. The molecule has 0 atom stereocenters. The number of pyridine rings is 6. The number of hydrogen-bond donors (Lipinski definition) is 2. The average Bonchev–Trinajstić information content (AvgIpc) is 0.760. The molecule has 6 aromatic heterocycles. The SMILES string of the molecule is C=C.C=CCOC(=O)c1cc[n+](O)c(C)c1.C=CCOC(=O)c1ccnc(C)c1.C=CCOC(=O)c1ccnc(CCl)c1.C=CCOC(=O)c1ccnc(C[P+](c2ccccc2)(c2ccccc2)c2ccccc2)c1.Cc1cc(C(=O)O)ccn1.Cc1ccnc(C)c1.[Cl-]. The number of benzene rings is 3. The number of carbonyl (C=O) groups excluding carboxylic acids is 4. The second-order valence-corrected chi connectivity index (χ2v) is 23.0. The lowest BCUT2D eigenvalue weighted by molar-refractivity contribution is -0.908. The summed E-state index contributed by atoms with van der Waals surface area (Å²) in [6, 6.07) is 52.0. The second-order valence-electron chi connectivity index (χ2n) is 19.3. The number of alkyl halides is 1. The number of carbonyl (C=O) groups is 5. The van der Waals surface area contributed by atoms with E-state index in [0.29, 0.717) is 39.8 Å². The molecule has 0 aliphatic carbocycles. The molecule has 6 heterocycles. The molecule has 0 aliphatic heterocycles. The van der Waals surface area contributed by atoms with Gasteiger partial charge in [-0.3, -0.25) is 30.1 Å². The van der Waals surface area contributed by atoms with Gasteiger partial charge in [0.15, 0.2) is 0 Å². The van der Waals surface area contributed by atoms with Crippen LogP contribution in [0.1, 0.15) is 91.5 Å². The van der Waals surface area contributed by atoms with E-state index in [0.717, 1.165) is 27.5 Å². The highest BCUT2D eigenvalue weighted by Gasteiger charge is 2.46. The highest BCUT2D eigenvalue weighted by atomic mass is 35.5. The van der Waals surface area contributed by atoms with Crippen molar-refractivity contribution in [2.75, 3.05) is 26.4 Å². The van der Waals surface area contributed by atoms with E-state index in [4.69, 9.17) is 40.9 Å². The topological polar surface area (TPSA) is 231 Å². The summed E-state index contributed by atoms with van der Waals surface area (Å²) in [5.74, 6) is -2.15. The molecule has 0 aliphatic rings. The molecule has 488 valence electrons. The highest BCUT2D eigenvalue weighted by molar-refractivity contribution is 7.95. The fourth-order valence-electron chi connectivity index (χ4n) is 8.03. The molecule has 3 aromatic carbocycles. The third-order valence-corrected chi connectivity index (χ3v) is 16.9. The van der Waals surface area contributed by atoms with Gasteiger partial charge >= 0.3 is 29.8 Å². The molecule has 0 unspecified atom stereocenters. The van der Waals surface area contributed by atoms with Crippen molar-refractivity contribution in [2.24, 2.45) is 0 Å². The first-order valence-electron chi connectivity index (χ1n) is 28.7. The zero-order chi connectivity index (χ0) is 68.4. The predicted octanol–water partition coefficient (Wildman–Crippen LogP) is 10.3. The summed E-state index contributed by atoms with van der Waals surface area (Å²) in [7, 11) is -2.08. The van der Waals surface area contributed by atoms with Crippen molar-refractivity contribution < 1.29 is 70.4 Å². The molecule has 20 heteroatoms. The quantitative estimate of drug-likeness (QED) is 0.0146. The summed E-state index contributed by atoms with van der Waals surface area (Å²) < 4.78 is 20.7. The van der Waals surface area contributed by atoms with Gasteiger partial charge in [0.2, 0.25) is 11.9 Å². The van der Waals surface area contributed by atoms with Crippen LogP contribution in [0.3, 0.4) is 0 Å². The number of carboxylic acids is 1. The van der Waals surface area contributed by atoms with Gasteiger partial charge in [-0.15, -0.1) is 24.8 Å². The number of rotatable bonds is 19. The first-order valence-corrected chi connectivity index (χ1v) is 31.2. The van der Waals surface area contributed by atoms with E-state index in [9.17, 15) is 24.0 Å². The minimum atomic E-state index is -2.08. The smallest absolute Gasteiger partial charge is 0.338 e. The Morgan fingerprint density at radius 2 is 0.787 bits per heavy atom. The zero-order valence-electron chi connectivity index (χ0n) is 53.3. The van der Waals surface area contributed by atoms with Gasteiger partial charge in [-0.2, -0.15) is 0 Å². The van der Waals surface area contributed by atoms with Gasteiger partial charge in [-0.25, -0.2) is 24.0 Å². The normalized spacial score (nSPS) is 9.68. The average molecular weight is 1330 g/mol. The summed E-state index contributed by atoms with van der Waals surface area (Å²) in [5, 5.41) is 21.5. The van der Waals surface area contributed by atoms with E-state index in [-0.39, 0.29) is 62.2 Å². The lowest BCUT2D eigenvalue weighted by Gasteiger charge is -2.27. The fraction of sp³-hybridized carbons (Fsp3) is 0.149. The van der Waals surface area contributed by atoms with E-state index >= 15 is 0 Å². The van der Waals surface area contributed by atoms with Crippen molar-refractivity contribution in [3.8, 4) is 0 Å². The summed E-state index contributed by atoms with van der Waals surface area (Å²) in [6.45, 7) is 30.1. The molecular formula is C74H78Cl2N6O11P+. The van der Waals surface area contributed by atoms with E-state index in [1.54, 1.807) is 68.7 Å². The minimum Gasteiger partial charge on any atom is -1.00 e. The molecule has 17 nitrogen and oxygen atoms in total. The molecular weight excluding hydrogens is 1250 g/mol. The number of nitrogens with zero attached hydrogens (tertiary/aromatic N) is 6. The van der Waals surface area contributed by atoms with Crippen molar-refractivity contribution >= 4 is 64.6 Å². The Labute approximate surface area is 562 Å².